The second-order valence-electron chi connectivity index (χ2n) is 6.11. The quantitative estimate of drug-likeness (QED) is 0.544. The Kier molecular flexibility index (Phi) is 3.95. The molecule has 1 aliphatic carbocycles. The Balaban J connectivity index is 1.42. The van der Waals surface area contributed by atoms with Crippen molar-refractivity contribution in [3.05, 3.63) is 54.0 Å². The highest BCUT2D eigenvalue weighted by atomic mass is 16.4. The largest absolute Gasteiger partial charge is 0.478 e. The molecule has 2 aromatic rings. The second kappa shape index (κ2) is 6.40. The first-order valence-electron chi connectivity index (χ1n) is 8.11. The Morgan fingerprint density at radius 3 is 2.68 bits per heavy atom. The third-order valence-electron chi connectivity index (χ3n) is 4.16. The predicted octanol–water partition coefficient (Wildman–Crippen LogP) is 2.06. The fourth-order valence-corrected chi connectivity index (χ4v) is 2.66. The minimum Gasteiger partial charge on any atom is -0.478 e. The predicted molar refractivity (Wildman–Crippen MR) is 93.2 cm³/mol. The first-order chi connectivity index (χ1) is 12.2. The summed E-state index contributed by atoms with van der Waals surface area (Å²) in [5.41, 5.74) is 7.33. The van der Waals surface area contributed by atoms with E-state index in [1.807, 2.05) is 0 Å². The highest BCUT2D eigenvalue weighted by molar-refractivity contribution is 5.88. The molecule has 2 heterocycles. The van der Waals surface area contributed by atoms with Crippen LogP contribution in [0.3, 0.4) is 0 Å². The number of nitrogens with one attached hydrogen (secondary N) is 4. The summed E-state index contributed by atoms with van der Waals surface area (Å²) in [7, 11) is 0. The Hall–Kier alpha value is -3.13. The van der Waals surface area contributed by atoms with Gasteiger partial charge in [-0.1, -0.05) is 0 Å². The van der Waals surface area contributed by atoms with E-state index in [-0.39, 0.29) is 5.56 Å². The zero-order chi connectivity index (χ0) is 17.2. The van der Waals surface area contributed by atoms with E-state index in [2.05, 4.69) is 37.5 Å². The molecule has 1 fully saturated rings. The molecule has 128 valence electrons. The van der Waals surface area contributed by atoms with E-state index in [1.54, 1.807) is 24.4 Å². The van der Waals surface area contributed by atoms with Crippen LogP contribution in [0.2, 0.25) is 0 Å². The van der Waals surface area contributed by atoms with Gasteiger partial charge in [-0.3, -0.25) is 0 Å². The molecule has 2 aliphatic rings. The molecule has 5 N–H and O–H groups in total. The number of hydrogen-bond acceptors (Lipinski definition) is 7. The van der Waals surface area contributed by atoms with Crippen molar-refractivity contribution in [2.45, 2.75) is 18.9 Å². The smallest absolute Gasteiger partial charge is 0.335 e. The number of aromatic carboxylic acids is 1. The van der Waals surface area contributed by atoms with Gasteiger partial charge in [0.05, 0.1) is 11.6 Å². The van der Waals surface area contributed by atoms with Gasteiger partial charge in [-0.05, 0) is 55.2 Å². The molecule has 25 heavy (non-hydrogen) atoms. The number of carbonyl (C=O) groups is 1. The lowest BCUT2D eigenvalue weighted by atomic mass is 10.2. The molecular weight excluding hydrogens is 320 g/mol. The third kappa shape index (κ3) is 3.69. The first-order valence-corrected chi connectivity index (χ1v) is 8.11. The summed E-state index contributed by atoms with van der Waals surface area (Å²) >= 11 is 0. The molecule has 0 saturated heterocycles. The summed E-state index contributed by atoms with van der Waals surface area (Å²) < 4.78 is 0. The highest BCUT2D eigenvalue weighted by Gasteiger charge is 2.32. The van der Waals surface area contributed by atoms with Crippen LogP contribution < -0.4 is 21.5 Å². The van der Waals surface area contributed by atoms with Crippen molar-refractivity contribution in [3.8, 4) is 0 Å². The number of carboxylic acid groups (broad SMARTS) is 1. The fourth-order valence-electron chi connectivity index (χ4n) is 2.66. The molecule has 8 nitrogen and oxygen atoms in total. The standard InChI is InChI=1S/C17H18N6O2/c24-16(25)11-3-5-12(6-4-11)19-17-18-8-7-14(21-17)20-15-9-13(22-23-15)10-1-2-10/h3-10,13,22-23H,1-2H2,(H,24,25)(H2,18,19,20,21). The summed E-state index contributed by atoms with van der Waals surface area (Å²) in [6, 6.07) is 8.57. The molecule has 1 unspecified atom stereocenters. The van der Waals surface area contributed by atoms with Crippen LogP contribution in [0.5, 0.6) is 0 Å². The molecule has 1 atom stereocenters. The molecule has 0 radical (unpaired) electrons. The van der Waals surface area contributed by atoms with E-state index >= 15 is 0 Å². The van der Waals surface area contributed by atoms with Crippen molar-refractivity contribution in [3.63, 3.8) is 0 Å². The molecule has 8 heteroatoms. The number of hydrogen-bond donors (Lipinski definition) is 5. The van der Waals surface area contributed by atoms with Gasteiger partial charge < -0.3 is 21.2 Å². The van der Waals surface area contributed by atoms with Gasteiger partial charge in [-0.15, -0.1) is 0 Å². The Morgan fingerprint density at radius 1 is 1.16 bits per heavy atom. The summed E-state index contributed by atoms with van der Waals surface area (Å²) in [6.07, 6.45) is 6.33. The van der Waals surface area contributed by atoms with Crippen LogP contribution in [0.1, 0.15) is 23.2 Å². The fraction of sp³-hybridized carbons (Fsp3) is 0.235. The Labute approximate surface area is 144 Å². The van der Waals surface area contributed by atoms with Crippen LogP contribution in [0.4, 0.5) is 17.5 Å². The SMILES string of the molecule is O=C(O)c1ccc(Nc2nccc(NC3=CC(C4CC4)NN3)n2)cc1. The Morgan fingerprint density at radius 2 is 1.96 bits per heavy atom. The van der Waals surface area contributed by atoms with Gasteiger partial charge in [0.25, 0.3) is 0 Å². The molecule has 0 amide bonds. The number of anilines is 3. The maximum Gasteiger partial charge on any atom is 0.335 e. The van der Waals surface area contributed by atoms with Crippen molar-refractivity contribution in [1.29, 1.82) is 0 Å². The van der Waals surface area contributed by atoms with Gasteiger partial charge in [0.1, 0.15) is 11.6 Å². The van der Waals surface area contributed by atoms with E-state index in [4.69, 9.17) is 5.11 Å². The number of benzene rings is 1. The van der Waals surface area contributed by atoms with Crippen LogP contribution in [0.25, 0.3) is 0 Å². The lowest BCUT2D eigenvalue weighted by molar-refractivity contribution is 0.0697. The van der Waals surface area contributed by atoms with Gasteiger partial charge in [-0.2, -0.15) is 4.98 Å². The molecule has 0 spiro atoms. The normalized spacial score (nSPS) is 19.0. The van der Waals surface area contributed by atoms with E-state index in [0.717, 1.165) is 17.4 Å². The summed E-state index contributed by atoms with van der Waals surface area (Å²) in [5.74, 6) is 1.75. The lowest BCUT2D eigenvalue weighted by Crippen LogP contribution is -2.34. The van der Waals surface area contributed by atoms with Gasteiger partial charge >= 0.3 is 5.97 Å². The highest BCUT2D eigenvalue weighted by Crippen LogP contribution is 2.34. The number of carboxylic acids is 1. The van der Waals surface area contributed by atoms with Crippen molar-refractivity contribution < 1.29 is 9.90 Å². The third-order valence-corrected chi connectivity index (χ3v) is 4.16. The van der Waals surface area contributed by atoms with E-state index in [0.29, 0.717) is 17.8 Å². The molecule has 0 bridgehead atoms. The zero-order valence-electron chi connectivity index (χ0n) is 13.4. The van der Waals surface area contributed by atoms with Crippen LogP contribution in [0, 0.1) is 5.92 Å². The summed E-state index contributed by atoms with van der Waals surface area (Å²) in [4.78, 5) is 19.5. The molecule has 1 aliphatic heterocycles. The first kappa shape index (κ1) is 15.4. The average molecular weight is 338 g/mol. The minimum atomic E-state index is -0.954. The van der Waals surface area contributed by atoms with Crippen LogP contribution in [-0.4, -0.2) is 27.1 Å². The van der Waals surface area contributed by atoms with Gasteiger partial charge in [-0.25, -0.2) is 15.2 Å². The van der Waals surface area contributed by atoms with Crippen molar-refractivity contribution in [2.75, 3.05) is 10.6 Å². The second-order valence-corrected chi connectivity index (χ2v) is 6.11. The van der Waals surface area contributed by atoms with Gasteiger partial charge in [0.2, 0.25) is 5.95 Å². The maximum absolute atomic E-state index is 10.9. The molecule has 1 aromatic carbocycles. The van der Waals surface area contributed by atoms with Crippen molar-refractivity contribution >= 4 is 23.4 Å². The minimum absolute atomic E-state index is 0.235. The maximum atomic E-state index is 10.9. The van der Waals surface area contributed by atoms with Crippen molar-refractivity contribution in [2.24, 2.45) is 5.92 Å². The van der Waals surface area contributed by atoms with E-state index in [9.17, 15) is 4.79 Å². The molecule has 4 rings (SSSR count). The van der Waals surface area contributed by atoms with Crippen LogP contribution in [-0.2, 0) is 0 Å². The van der Waals surface area contributed by atoms with Gasteiger partial charge in [0, 0.05) is 11.9 Å². The average Bonchev–Trinajstić information content (AvgIpc) is 3.36. The molecular formula is C17H18N6O2. The Bertz CT molecular complexity index is 816. The molecule has 1 saturated carbocycles. The number of rotatable bonds is 6. The van der Waals surface area contributed by atoms with E-state index < -0.39 is 5.97 Å². The number of aromatic nitrogens is 2. The number of hydrazine groups is 1. The summed E-state index contributed by atoms with van der Waals surface area (Å²) in [6.45, 7) is 0. The van der Waals surface area contributed by atoms with E-state index in [1.165, 1.54) is 25.0 Å². The lowest BCUT2D eigenvalue weighted by Gasteiger charge is -2.09. The van der Waals surface area contributed by atoms with Crippen LogP contribution in [0.15, 0.2) is 48.4 Å². The topological polar surface area (TPSA) is 111 Å². The monoisotopic (exact) mass is 338 g/mol. The van der Waals surface area contributed by atoms with Gasteiger partial charge in [0.15, 0.2) is 0 Å². The van der Waals surface area contributed by atoms with Crippen LogP contribution >= 0.6 is 0 Å². The summed E-state index contributed by atoms with van der Waals surface area (Å²) in [5, 5.41) is 15.2. The van der Waals surface area contributed by atoms with Crippen molar-refractivity contribution in [1.82, 2.24) is 20.8 Å². The molecule has 1 aromatic heterocycles. The zero-order valence-corrected chi connectivity index (χ0v) is 13.4. The number of nitrogens with zero attached hydrogens (tertiary/aromatic N) is 2.